The molecule has 0 heterocycles. The number of carbonyl (C=O) groups excluding carboxylic acids is 2. The monoisotopic (exact) mass is 341 g/mol. The van der Waals surface area contributed by atoms with Gasteiger partial charge in [0.05, 0.1) is 0 Å². The molecule has 0 aliphatic rings. The molecule has 1 aromatic carbocycles. The van der Waals surface area contributed by atoms with Crippen molar-refractivity contribution in [1.82, 2.24) is 10.6 Å². The van der Waals surface area contributed by atoms with E-state index < -0.39 is 12.1 Å². The molecule has 23 heavy (non-hydrogen) atoms. The third kappa shape index (κ3) is 7.36. The maximum atomic E-state index is 12.8. The highest BCUT2D eigenvalue weighted by Gasteiger charge is 2.24. The molecular weight excluding hydrogens is 317 g/mol. The zero-order chi connectivity index (χ0) is 17.2. The highest BCUT2D eigenvalue weighted by atomic mass is 32.2. The molecule has 128 valence electrons. The minimum Gasteiger partial charge on any atom is -0.354 e. The van der Waals surface area contributed by atoms with Crippen molar-refractivity contribution < 1.29 is 14.0 Å². The highest BCUT2D eigenvalue weighted by molar-refractivity contribution is 7.99. The summed E-state index contributed by atoms with van der Waals surface area (Å²) < 4.78 is 12.8. The van der Waals surface area contributed by atoms with E-state index in [1.165, 1.54) is 12.1 Å². The molecule has 2 atom stereocenters. The van der Waals surface area contributed by atoms with Gasteiger partial charge in [-0.15, -0.1) is 11.8 Å². The van der Waals surface area contributed by atoms with E-state index in [0.717, 1.165) is 23.5 Å². The van der Waals surface area contributed by atoms with Gasteiger partial charge in [-0.05, 0) is 42.4 Å². The van der Waals surface area contributed by atoms with Crippen LogP contribution in [0.4, 0.5) is 9.18 Å². The van der Waals surface area contributed by atoms with Crippen molar-refractivity contribution in [2.45, 2.75) is 37.6 Å². The fraction of sp³-hybridized carbons (Fsp3) is 0.500. The van der Waals surface area contributed by atoms with Crippen LogP contribution < -0.4 is 16.4 Å². The van der Waals surface area contributed by atoms with Gasteiger partial charge >= 0.3 is 6.03 Å². The van der Waals surface area contributed by atoms with Crippen LogP contribution in [-0.2, 0) is 4.79 Å². The van der Waals surface area contributed by atoms with Crippen molar-refractivity contribution in [3.63, 3.8) is 0 Å². The van der Waals surface area contributed by atoms with Crippen LogP contribution in [0.3, 0.4) is 0 Å². The lowest BCUT2D eigenvalue weighted by Gasteiger charge is -2.22. The van der Waals surface area contributed by atoms with Crippen LogP contribution in [0.2, 0.25) is 0 Å². The van der Waals surface area contributed by atoms with E-state index in [1.54, 1.807) is 23.9 Å². The molecule has 0 aromatic heterocycles. The minimum atomic E-state index is -0.697. The fourth-order valence-corrected chi connectivity index (χ4v) is 2.82. The number of amides is 3. The number of hydrogen-bond donors (Lipinski definition) is 3. The second-order valence-electron chi connectivity index (χ2n) is 5.32. The number of thioether (sulfide) groups is 1. The Morgan fingerprint density at radius 1 is 1.30 bits per heavy atom. The number of hydrogen-bond acceptors (Lipinski definition) is 3. The molecule has 0 saturated carbocycles. The zero-order valence-corrected chi connectivity index (χ0v) is 14.3. The first-order chi connectivity index (χ1) is 10.9. The molecule has 7 heteroatoms. The predicted molar refractivity (Wildman–Crippen MR) is 90.7 cm³/mol. The Morgan fingerprint density at radius 3 is 2.52 bits per heavy atom. The molecule has 3 amide bonds. The van der Waals surface area contributed by atoms with Gasteiger partial charge in [-0.2, -0.15) is 0 Å². The Kier molecular flexibility index (Phi) is 8.47. The lowest BCUT2D eigenvalue weighted by molar-refractivity contribution is -0.124. The quantitative estimate of drug-likeness (QED) is 0.477. The van der Waals surface area contributed by atoms with Gasteiger partial charge < -0.3 is 16.4 Å². The van der Waals surface area contributed by atoms with E-state index in [0.29, 0.717) is 6.54 Å². The van der Waals surface area contributed by atoms with Crippen molar-refractivity contribution in [3.05, 3.63) is 30.1 Å². The van der Waals surface area contributed by atoms with Crippen LogP contribution in [0.25, 0.3) is 0 Å². The number of carbonyl (C=O) groups is 2. The number of rotatable bonds is 9. The van der Waals surface area contributed by atoms with Gasteiger partial charge in [-0.1, -0.05) is 20.3 Å². The van der Waals surface area contributed by atoms with Crippen LogP contribution in [-0.4, -0.2) is 30.3 Å². The van der Waals surface area contributed by atoms with Crippen LogP contribution >= 0.6 is 11.8 Å². The Morgan fingerprint density at radius 2 is 1.96 bits per heavy atom. The first kappa shape index (κ1) is 19.3. The standard InChI is InChI=1S/C16H24FN3O2S/c1-3-11(2)14(20-16(18)22)15(21)19-9-4-10-23-13-7-5-12(17)6-8-13/h5-8,11,14H,3-4,9-10H2,1-2H3,(H,19,21)(H3,18,20,22). The molecule has 0 aliphatic heterocycles. The summed E-state index contributed by atoms with van der Waals surface area (Å²) in [5.41, 5.74) is 5.11. The van der Waals surface area contributed by atoms with Crippen molar-refractivity contribution in [2.24, 2.45) is 11.7 Å². The molecule has 1 rings (SSSR count). The molecule has 0 spiro atoms. The Labute approximate surface area is 140 Å². The molecule has 0 bridgehead atoms. The minimum absolute atomic E-state index is 0.0103. The Hall–Kier alpha value is -1.76. The van der Waals surface area contributed by atoms with Crippen LogP contribution in [0, 0.1) is 11.7 Å². The average Bonchev–Trinajstić information content (AvgIpc) is 2.53. The summed E-state index contributed by atoms with van der Waals surface area (Å²) in [6.07, 6.45) is 1.54. The van der Waals surface area contributed by atoms with Gasteiger partial charge in [0.25, 0.3) is 0 Å². The van der Waals surface area contributed by atoms with Gasteiger partial charge in [0.1, 0.15) is 11.9 Å². The second-order valence-corrected chi connectivity index (χ2v) is 6.49. The molecule has 0 radical (unpaired) electrons. The normalized spacial score (nSPS) is 13.2. The van der Waals surface area contributed by atoms with E-state index in [1.807, 2.05) is 13.8 Å². The van der Waals surface area contributed by atoms with Gasteiger partial charge in [0.2, 0.25) is 5.91 Å². The molecule has 2 unspecified atom stereocenters. The Balaban J connectivity index is 2.31. The number of nitrogens with two attached hydrogens (primary N) is 1. The van der Waals surface area contributed by atoms with Crippen LogP contribution in [0.15, 0.2) is 29.2 Å². The van der Waals surface area contributed by atoms with Gasteiger partial charge in [-0.3, -0.25) is 4.79 Å². The number of benzene rings is 1. The van der Waals surface area contributed by atoms with Crippen molar-refractivity contribution in [2.75, 3.05) is 12.3 Å². The number of primary amides is 1. The van der Waals surface area contributed by atoms with Crippen molar-refractivity contribution >= 4 is 23.7 Å². The van der Waals surface area contributed by atoms with E-state index in [4.69, 9.17) is 5.73 Å². The summed E-state index contributed by atoms with van der Waals surface area (Å²) in [5.74, 6) is 0.351. The Bertz CT molecular complexity index is 511. The third-order valence-electron chi connectivity index (χ3n) is 3.50. The molecule has 0 saturated heterocycles. The van der Waals surface area contributed by atoms with Gasteiger partial charge in [-0.25, -0.2) is 9.18 Å². The van der Waals surface area contributed by atoms with Crippen molar-refractivity contribution in [1.29, 1.82) is 0 Å². The second kappa shape index (κ2) is 10.1. The lowest BCUT2D eigenvalue weighted by Crippen LogP contribution is -2.51. The van der Waals surface area contributed by atoms with E-state index in [-0.39, 0.29) is 17.6 Å². The number of nitrogens with one attached hydrogen (secondary N) is 2. The largest absolute Gasteiger partial charge is 0.354 e. The van der Waals surface area contributed by atoms with E-state index in [9.17, 15) is 14.0 Å². The summed E-state index contributed by atoms with van der Waals surface area (Å²) in [6.45, 7) is 4.36. The lowest BCUT2D eigenvalue weighted by atomic mass is 9.98. The predicted octanol–water partition coefficient (Wildman–Crippen LogP) is 2.51. The van der Waals surface area contributed by atoms with Crippen LogP contribution in [0.1, 0.15) is 26.7 Å². The van der Waals surface area contributed by atoms with Gasteiger partial charge in [0.15, 0.2) is 0 Å². The third-order valence-corrected chi connectivity index (χ3v) is 4.59. The molecule has 5 nitrogen and oxygen atoms in total. The molecule has 4 N–H and O–H groups in total. The van der Waals surface area contributed by atoms with Crippen molar-refractivity contribution in [3.8, 4) is 0 Å². The average molecular weight is 341 g/mol. The number of halogens is 1. The maximum absolute atomic E-state index is 12.8. The summed E-state index contributed by atoms with van der Waals surface area (Å²) in [5, 5.41) is 5.30. The molecule has 0 fully saturated rings. The first-order valence-corrected chi connectivity index (χ1v) is 8.64. The number of urea groups is 1. The van der Waals surface area contributed by atoms with E-state index >= 15 is 0 Å². The topological polar surface area (TPSA) is 84.2 Å². The molecule has 1 aromatic rings. The van der Waals surface area contributed by atoms with Gasteiger partial charge in [0, 0.05) is 11.4 Å². The summed E-state index contributed by atoms with van der Waals surface area (Å²) >= 11 is 1.60. The molecule has 0 aliphatic carbocycles. The first-order valence-electron chi connectivity index (χ1n) is 7.66. The SMILES string of the molecule is CCC(C)C(NC(N)=O)C(=O)NCCCSc1ccc(F)cc1. The zero-order valence-electron chi connectivity index (χ0n) is 13.5. The summed E-state index contributed by atoms with van der Waals surface area (Å²) in [4.78, 5) is 24.1. The molecular formula is C16H24FN3O2S. The summed E-state index contributed by atoms with van der Waals surface area (Å²) in [6, 6.07) is 5.01. The van der Waals surface area contributed by atoms with Crippen LogP contribution in [0.5, 0.6) is 0 Å². The fourth-order valence-electron chi connectivity index (χ4n) is 1.97. The highest BCUT2D eigenvalue weighted by Crippen LogP contribution is 2.18. The summed E-state index contributed by atoms with van der Waals surface area (Å²) in [7, 11) is 0. The maximum Gasteiger partial charge on any atom is 0.312 e. The van der Waals surface area contributed by atoms with E-state index in [2.05, 4.69) is 10.6 Å². The smallest absolute Gasteiger partial charge is 0.312 e.